The standard InChI is InChI=1S/C60H95N2O9P/c1-16-52-60(13,68)55(65)47(11)62(25-22-24-59(12,67)56(44(8)36-45(9)57(66)70-52)71-58-54(64)51(61(14)15)37-46(10)69-58)53(63)23-20-18-17-19-21-26-72(48-30-38(2)27-39(3)31-48,49-32-40(4)28-41(5)33-49)50-34-42(6)29-43(7)35-50/h27-35,44-47,51-52,54-56,58,64-65,67-68,72H,16-26,36-37H2,1-15H3/t44-,45+,46+,47+,51-,52+,54+,55+,56+,58-,59+,60+/m0/s1. The van der Waals surface area contributed by atoms with Crippen LogP contribution in [0, 0.1) is 53.4 Å². The van der Waals surface area contributed by atoms with Crippen molar-refractivity contribution in [2.75, 3.05) is 26.8 Å². The average molecular weight is 1020 g/mol. The number of unbranched alkanes of at least 4 members (excludes halogenated alkanes) is 4. The third-order valence-electron chi connectivity index (χ3n) is 16.1. The molecule has 12 heteroatoms. The number of hydrogen-bond donors (Lipinski definition) is 4. The summed E-state index contributed by atoms with van der Waals surface area (Å²) in [4.78, 5) is 31.8. The van der Waals surface area contributed by atoms with Crippen molar-refractivity contribution < 1.29 is 44.2 Å². The first-order valence-electron chi connectivity index (χ1n) is 27.3. The van der Waals surface area contributed by atoms with Gasteiger partial charge in [0, 0.05) is 6.04 Å². The Morgan fingerprint density at radius 3 is 1.74 bits per heavy atom. The van der Waals surface area contributed by atoms with Crippen LogP contribution in [0.1, 0.15) is 152 Å². The third kappa shape index (κ3) is 14.6. The van der Waals surface area contributed by atoms with E-state index in [1.165, 1.54) is 56.2 Å². The average Bonchev–Trinajstić information content (AvgIpc) is 3.28. The molecule has 0 spiro atoms. The van der Waals surface area contributed by atoms with Crippen LogP contribution in [-0.2, 0) is 23.8 Å². The third-order valence-corrected chi connectivity index (χ3v) is 21.1. The summed E-state index contributed by atoms with van der Waals surface area (Å²) in [5.74, 6) is -1.73. The molecular weight excluding hydrogens is 924 g/mol. The SMILES string of the molecule is CC[C@H]1OC(=O)[C@H](C)C[C@H](C)[C@@H](O[C@@H]2O[C@H](C)C[C@H](N(C)C)[C@H]2O)[C@](C)(O)CCCN(C(=O)CCCCCCC[PH](c2cc(C)cc(C)c2)(c2cc(C)cc(C)c2)c2cc(C)cc(C)c2)[C@H](C)[C@@H](O)[C@]1(C)O. The van der Waals surface area contributed by atoms with Gasteiger partial charge in [-0.15, -0.1) is 0 Å². The fraction of sp³-hybridized carbons (Fsp3) is 0.667. The Kier molecular flexibility index (Phi) is 21.1. The van der Waals surface area contributed by atoms with Crippen LogP contribution >= 0.6 is 7.26 Å². The second-order valence-corrected chi connectivity index (χ2v) is 27.4. The van der Waals surface area contributed by atoms with Gasteiger partial charge in [0.1, 0.15) is 12.2 Å². The summed E-state index contributed by atoms with van der Waals surface area (Å²) in [6.07, 6.45) is 2.05. The molecule has 2 aliphatic rings. The van der Waals surface area contributed by atoms with Crippen molar-refractivity contribution in [3.8, 4) is 0 Å². The van der Waals surface area contributed by atoms with Gasteiger partial charge in [-0.2, -0.15) is 0 Å². The minimum atomic E-state index is -2.51. The predicted molar refractivity (Wildman–Crippen MR) is 296 cm³/mol. The minimum absolute atomic E-state index is 0.144. The molecule has 1 amide bonds. The number of nitrogens with zero attached hydrogens (tertiary/aromatic N) is 2. The Morgan fingerprint density at radius 1 is 0.764 bits per heavy atom. The molecular formula is C60H95N2O9P. The van der Waals surface area contributed by atoms with E-state index in [9.17, 15) is 30.0 Å². The summed E-state index contributed by atoms with van der Waals surface area (Å²) in [7, 11) is 1.30. The molecule has 2 aliphatic heterocycles. The molecule has 0 bridgehead atoms. The summed E-state index contributed by atoms with van der Waals surface area (Å²) >= 11 is 0. The van der Waals surface area contributed by atoms with Crippen molar-refractivity contribution in [1.29, 1.82) is 0 Å². The fourth-order valence-electron chi connectivity index (χ4n) is 12.4. The van der Waals surface area contributed by atoms with Crippen molar-refractivity contribution in [1.82, 2.24) is 9.80 Å². The van der Waals surface area contributed by atoms with Crippen LogP contribution in [0.5, 0.6) is 0 Å². The minimum Gasteiger partial charge on any atom is -0.383 e. The van der Waals surface area contributed by atoms with Crippen molar-refractivity contribution in [2.45, 2.75) is 221 Å². The molecule has 5 rings (SSSR count). The van der Waals surface area contributed by atoms with E-state index < -0.39 is 73.0 Å². The number of esters is 1. The van der Waals surface area contributed by atoms with Crippen LogP contribution in [0.3, 0.4) is 0 Å². The molecule has 0 unspecified atom stereocenters. The second-order valence-electron chi connectivity index (χ2n) is 23.3. The van der Waals surface area contributed by atoms with Gasteiger partial charge in [-0.3, -0.25) is 4.79 Å². The monoisotopic (exact) mass is 1020 g/mol. The number of likely N-dealkylation sites (N-methyl/N-ethyl adjacent to an activating group) is 1. The molecule has 0 aliphatic carbocycles. The summed E-state index contributed by atoms with van der Waals surface area (Å²) in [5, 5.41) is 52.1. The Labute approximate surface area is 434 Å². The summed E-state index contributed by atoms with van der Waals surface area (Å²) in [5.41, 5.74) is 4.35. The molecule has 11 nitrogen and oxygen atoms in total. The quantitative estimate of drug-likeness (QED) is 0.0663. The fourth-order valence-corrected chi connectivity index (χ4v) is 17.9. The zero-order valence-corrected chi connectivity index (χ0v) is 47.9. The molecule has 0 aromatic heterocycles. The summed E-state index contributed by atoms with van der Waals surface area (Å²) < 4.78 is 18.8. The first-order valence-corrected chi connectivity index (χ1v) is 29.5. The first kappa shape index (κ1) is 59.6. The number of aryl methyl sites for hydroxylation is 6. The first-order chi connectivity index (χ1) is 33.7. The van der Waals surface area contributed by atoms with Crippen LogP contribution in [0.15, 0.2) is 54.6 Å². The van der Waals surface area contributed by atoms with Crippen molar-refractivity contribution in [3.63, 3.8) is 0 Å². The van der Waals surface area contributed by atoms with Gasteiger partial charge in [-0.25, -0.2) is 0 Å². The molecule has 2 fully saturated rings. The van der Waals surface area contributed by atoms with Crippen LogP contribution < -0.4 is 15.9 Å². The molecule has 2 heterocycles. The Morgan fingerprint density at radius 2 is 1.25 bits per heavy atom. The molecule has 0 radical (unpaired) electrons. The molecule has 0 saturated carbocycles. The molecule has 404 valence electrons. The van der Waals surface area contributed by atoms with E-state index >= 15 is 0 Å². The number of amides is 1. The number of aliphatic hydroxyl groups is 4. The number of ether oxygens (including phenoxy) is 3. The normalized spacial score (nSPS) is 30.7. The van der Waals surface area contributed by atoms with E-state index in [1.54, 1.807) is 32.6 Å². The molecule has 3 aromatic rings. The molecule has 72 heavy (non-hydrogen) atoms. The number of cyclic esters (lactones) is 1. The van der Waals surface area contributed by atoms with E-state index in [0.29, 0.717) is 19.3 Å². The second kappa shape index (κ2) is 25.5. The van der Waals surface area contributed by atoms with Crippen molar-refractivity contribution in [3.05, 3.63) is 88.0 Å². The maximum absolute atomic E-state index is 14.5. The number of carbonyl (C=O) groups excluding carboxylic acids is 2. The Hall–Kier alpha value is -3.25. The Bertz CT molecular complexity index is 2080. The topological polar surface area (TPSA) is 149 Å². The van der Waals surface area contributed by atoms with Gasteiger partial charge >= 0.3 is 268 Å². The molecule has 4 N–H and O–H groups in total. The van der Waals surface area contributed by atoms with Gasteiger partial charge in [0.05, 0.1) is 23.7 Å². The van der Waals surface area contributed by atoms with Crippen molar-refractivity contribution in [2.24, 2.45) is 11.8 Å². The number of aliphatic hydroxyl groups excluding tert-OH is 2. The molecule has 3 aromatic carbocycles. The van der Waals surface area contributed by atoms with Crippen LogP contribution in [0.2, 0.25) is 0 Å². The summed E-state index contributed by atoms with van der Waals surface area (Å²) in [6, 6.07) is 20.3. The van der Waals surface area contributed by atoms with Gasteiger partial charge in [0.2, 0.25) is 0 Å². The van der Waals surface area contributed by atoms with E-state index in [4.69, 9.17) is 14.2 Å². The van der Waals surface area contributed by atoms with Crippen LogP contribution in [0.25, 0.3) is 0 Å². The van der Waals surface area contributed by atoms with Gasteiger partial charge in [-0.1, -0.05) is 20.8 Å². The maximum atomic E-state index is 14.5. The van der Waals surface area contributed by atoms with Crippen LogP contribution in [0.4, 0.5) is 0 Å². The van der Waals surface area contributed by atoms with E-state index in [1.807, 2.05) is 32.8 Å². The Balaban J connectivity index is 1.35. The number of hydrogen-bond acceptors (Lipinski definition) is 10. The number of benzene rings is 3. The predicted octanol–water partition coefficient (Wildman–Crippen LogP) is 8.57. The van der Waals surface area contributed by atoms with Crippen LogP contribution in [-0.4, -0.2) is 129 Å². The van der Waals surface area contributed by atoms with Gasteiger partial charge in [0.15, 0.2) is 6.29 Å². The summed E-state index contributed by atoms with van der Waals surface area (Å²) in [6.45, 7) is 25.8. The van der Waals surface area contributed by atoms with Gasteiger partial charge < -0.3 is 34.4 Å². The van der Waals surface area contributed by atoms with E-state index in [-0.39, 0.29) is 50.3 Å². The molecule has 2 saturated heterocycles. The zero-order valence-electron chi connectivity index (χ0n) is 46.9. The zero-order chi connectivity index (χ0) is 53.5. The van der Waals surface area contributed by atoms with E-state index in [0.717, 1.165) is 31.8 Å². The number of carbonyl (C=O) groups is 2. The number of rotatable bonds is 15. The van der Waals surface area contributed by atoms with Crippen molar-refractivity contribution >= 4 is 35.1 Å². The van der Waals surface area contributed by atoms with Gasteiger partial charge in [-0.05, 0) is 60.0 Å². The smallest absolute Gasteiger partial charge is 0.383 e. The van der Waals surface area contributed by atoms with Gasteiger partial charge in [0.25, 0.3) is 0 Å². The molecule has 12 atom stereocenters. The van der Waals surface area contributed by atoms with E-state index in [2.05, 4.69) is 96.1 Å².